The Bertz CT molecular complexity index is 1030. The Kier molecular flexibility index (Phi) is 8.38. The predicted molar refractivity (Wildman–Crippen MR) is 116 cm³/mol. The van der Waals surface area contributed by atoms with Crippen LogP contribution >= 0.6 is 0 Å². The first kappa shape index (κ1) is 25.0. The zero-order chi connectivity index (χ0) is 23.2. The molecule has 31 heavy (non-hydrogen) atoms. The van der Waals surface area contributed by atoms with E-state index in [4.69, 9.17) is 4.74 Å². The van der Waals surface area contributed by atoms with Crippen LogP contribution in [0.5, 0.6) is 0 Å². The number of esters is 1. The molecule has 1 aromatic carbocycles. The molecule has 1 fully saturated rings. The molecule has 1 aromatic rings. The molecule has 0 aliphatic carbocycles. The Morgan fingerprint density at radius 2 is 1.77 bits per heavy atom. The van der Waals surface area contributed by atoms with Crippen LogP contribution in [0.15, 0.2) is 35.2 Å². The zero-order valence-corrected chi connectivity index (χ0v) is 19.5. The highest BCUT2D eigenvalue weighted by atomic mass is 32.2. The van der Waals surface area contributed by atoms with Crippen molar-refractivity contribution in [2.75, 3.05) is 38.2 Å². The fourth-order valence-corrected chi connectivity index (χ4v) is 6.43. The molecule has 172 valence electrons. The summed E-state index contributed by atoms with van der Waals surface area (Å²) < 4.78 is 54.3. The maximum Gasteiger partial charge on any atom is 0.331 e. The number of sulfonamides is 1. The highest BCUT2D eigenvalue weighted by molar-refractivity contribution is 7.91. The second-order valence-electron chi connectivity index (χ2n) is 7.16. The van der Waals surface area contributed by atoms with Crippen LogP contribution in [-0.2, 0) is 34.2 Å². The van der Waals surface area contributed by atoms with Crippen molar-refractivity contribution < 1.29 is 31.2 Å². The summed E-state index contributed by atoms with van der Waals surface area (Å²) in [6, 6.07) is 5.66. The molecule has 11 heteroatoms. The van der Waals surface area contributed by atoms with Crippen molar-refractivity contribution in [3.63, 3.8) is 0 Å². The largest absolute Gasteiger partial charge is 0.452 e. The average molecular weight is 473 g/mol. The molecule has 0 spiro atoms. The van der Waals surface area contributed by atoms with Crippen LogP contribution in [-0.4, -0.2) is 82.2 Å². The maximum atomic E-state index is 12.5. The predicted octanol–water partition coefficient (Wildman–Crippen LogP) is 0.919. The van der Waals surface area contributed by atoms with Crippen molar-refractivity contribution in [3.05, 3.63) is 35.9 Å². The fourth-order valence-electron chi connectivity index (χ4n) is 3.20. The van der Waals surface area contributed by atoms with Crippen LogP contribution in [0.25, 0.3) is 6.08 Å². The number of hydrogen-bond acceptors (Lipinski definition) is 7. The lowest BCUT2D eigenvalue weighted by atomic mass is 10.2. The van der Waals surface area contributed by atoms with Gasteiger partial charge in [-0.2, -0.15) is 4.31 Å². The molecule has 9 nitrogen and oxygen atoms in total. The summed E-state index contributed by atoms with van der Waals surface area (Å²) in [4.78, 5) is 25.5. The number of nitrogens with zero attached hydrogens (tertiary/aromatic N) is 2. The van der Waals surface area contributed by atoms with Gasteiger partial charge < -0.3 is 9.64 Å². The lowest BCUT2D eigenvalue weighted by Crippen LogP contribution is -2.40. The van der Waals surface area contributed by atoms with Gasteiger partial charge in [-0.25, -0.2) is 21.6 Å². The molecule has 0 saturated carbocycles. The molecule has 1 saturated heterocycles. The topological polar surface area (TPSA) is 118 Å². The summed E-state index contributed by atoms with van der Waals surface area (Å²) >= 11 is 0. The van der Waals surface area contributed by atoms with Crippen molar-refractivity contribution in [2.24, 2.45) is 0 Å². The van der Waals surface area contributed by atoms with E-state index in [0.717, 1.165) is 6.08 Å². The minimum absolute atomic E-state index is 0.0484. The Hall–Kier alpha value is -2.24. The van der Waals surface area contributed by atoms with Gasteiger partial charge in [-0.15, -0.1) is 0 Å². The molecule has 0 aromatic heterocycles. The van der Waals surface area contributed by atoms with Crippen LogP contribution in [0.4, 0.5) is 0 Å². The molecule has 0 N–H and O–H groups in total. The van der Waals surface area contributed by atoms with Gasteiger partial charge in [-0.3, -0.25) is 4.79 Å². The van der Waals surface area contributed by atoms with Crippen molar-refractivity contribution in [3.8, 4) is 0 Å². The minimum atomic E-state index is -3.55. The lowest BCUT2D eigenvalue weighted by Gasteiger charge is -2.22. The zero-order valence-electron chi connectivity index (χ0n) is 17.9. The summed E-state index contributed by atoms with van der Waals surface area (Å²) in [6.45, 7) is 3.79. The van der Waals surface area contributed by atoms with E-state index >= 15 is 0 Å². The van der Waals surface area contributed by atoms with Crippen molar-refractivity contribution in [1.82, 2.24) is 9.21 Å². The van der Waals surface area contributed by atoms with Gasteiger partial charge >= 0.3 is 5.97 Å². The molecule has 1 aliphatic heterocycles. The average Bonchev–Trinajstić information content (AvgIpc) is 3.10. The first-order valence-corrected chi connectivity index (χ1v) is 13.2. The van der Waals surface area contributed by atoms with E-state index in [2.05, 4.69) is 0 Å². The van der Waals surface area contributed by atoms with E-state index in [0.29, 0.717) is 25.1 Å². The number of carbonyl (C=O) groups is 2. The molecule has 2 rings (SSSR count). The van der Waals surface area contributed by atoms with E-state index < -0.39 is 44.4 Å². The molecule has 1 amide bonds. The van der Waals surface area contributed by atoms with E-state index in [1.54, 1.807) is 26.0 Å². The lowest BCUT2D eigenvalue weighted by molar-refractivity contribution is -0.148. The number of hydrogen-bond donors (Lipinski definition) is 0. The third-order valence-electron chi connectivity index (χ3n) is 5.12. The Labute approximate surface area is 183 Å². The molecule has 1 unspecified atom stereocenters. The maximum absolute atomic E-state index is 12.5. The van der Waals surface area contributed by atoms with Crippen LogP contribution in [0.1, 0.15) is 25.8 Å². The first-order valence-electron chi connectivity index (χ1n) is 9.91. The van der Waals surface area contributed by atoms with Crippen LogP contribution in [0.3, 0.4) is 0 Å². The van der Waals surface area contributed by atoms with E-state index in [9.17, 15) is 26.4 Å². The van der Waals surface area contributed by atoms with Gasteiger partial charge in [-0.1, -0.05) is 26.0 Å². The highest BCUT2D eigenvalue weighted by Gasteiger charge is 2.32. The van der Waals surface area contributed by atoms with Crippen LogP contribution < -0.4 is 0 Å². The summed E-state index contributed by atoms with van der Waals surface area (Å²) in [5, 5.41) is 0. The summed E-state index contributed by atoms with van der Waals surface area (Å²) in [5.41, 5.74) is 0.593. The quantitative estimate of drug-likeness (QED) is 0.387. The standard InChI is InChI=1S/C20H28N2O7S2/c1-4-22(5-2)31(27,28)18-9-6-16(7-10-18)8-11-20(24)29-14-19(23)21(3)17-12-13-30(25,26)15-17/h6-11,17H,4-5,12-15H2,1-3H3. The van der Waals surface area contributed by atoms with Gasteiger partial charge in [0.1, 0.15) is 0 Å². The summed E-state index contributed by atoms with van der Waals surface area (Å²) in [5.74, 6) is -1.24. The molecule has 1 aliphatic rings. The van der Waals surface area contributed by atoms with Gasteiger partial charge in [0.05, 0.1) is 16.4 Å². The number of amides is 1. The number of rotatable bonds is 9. The molecule has 0 bridgehead atoms. The Morgan fingerprint density at radius 3 is 2.29 bits per heavy atom. The third-order valence-corrected chi connectivity index (χ3v) is 8.94. The van der Waals surface area contributed by atoms with Gasteiger partial charge in [-0.05, 0) is 30.2 Å². The molecule has 1 heterocycles. The second-order valence-corrected chi connectivity index (χ2v) is 11.3. The Morgan fingerprint density at radius 1 is 1.16 bits per heavy atom. The van der Waals surface area contributed by atoms with E-state index in [1.165, 1.54) is 34.5 Å². The van der Waals surface area contributed by atoms with Gasteiger partial charge in [0.2, 0.25) is 10.0 Å². The number of ether oxygens (including phenoxy) is 1. The minimum Gasteiger partial charge on any atom is -0.452 e. The second kappa shape index (κ2) is 10.4. The molecular formula is C20H28N2O7S2. The normalized spacial score (nSPS) is 18.4. The van der Waals surface area contributed by atoms with Crippen LogP contribution in [0.2, 0.25) is 0 Å². The van der Waals surface area contributed by atoms with Gasteiger partial charge in [0, 0.05) is 32.3 Å². The Balaban J connectivity index is 1.89. The monoisotopic (exact) mass is 472 g/mol. The number of carbonyl (C=O) groups excluding carboxylic acids is 2. The SMILES string of the molecule is CCN(CC)S(=O)(=O)c1ccc(C=CC(=O)OCC(=O)N(C)C2CCS(=O)(=O)C2)cc1. The highest BCUT2D eigenvalue weighted by Crippen LogP contribution is 2.18. The third kappa shape index (κ3) is 6.62. The smallest absolute Gasteiger partial charge is 0.331 e. The van der Waals surface area contributed by atoms with Crippen molar-refractivity contribution >= 4 is 37.8 Å². The summed E-state index contributed by atoms with van der Waals surface area (Å²) in [6.07, 6.45) is 2.97. The van der Waals surface area contributed by atoms with Crippen molar-refractivity contribution in [1.29, 1.82) is 0 Å². The van der Waals surface area contributed by atoms with Gasteiger partial charge in [0.25, 0.3) is 5.91 Å². The van der Waals surface area contributed by atoms with E-state index in [1.807, 2.05) is 0 Å². The van der Waals surface area contributed by atoms with Crippen molar-refractivity contribution in [2.45, 2.75) is 31.2 Å². The molecular weight excluding hydrogens is 444 g/mol. The van der Waals surface area contributed by atoms with Gasteiger partial charge in [0.15, 0.2) is 16.4 Å². The molecule has 0 radical (unpaired) electrons. The summed E-state index contributed by atoms with van der Waals surface area (Å²) in [7, 11) is -5.18. The number of sulfone groups is 1. The number of benzene rings is 1. The first-order chi connectivity index (χ1) is 14.5. The molecule has 1 atom stereocenters. The van der Waals surface area contributed by atoms with Crippen LogP contribution in [0, 0.1) is 0 Å². The fraction of sp³-hybridized carbons (Fsp3) is 0.500. The van der Waals surface area contributed by atoms with E-state index in [-0.39, 0.29) is 16.4 Å². The number of likely N-dealkylation sites (N-methyl/N-ethyl adjacent to an activating group) is 1.